The molecule has 2 aliphatic heterocycles. The Labute approximate surface area is 224 Å². The third-order valence-electron chi connectivity index (χ3n) is 7.67. The lowest BCUT2D eigenvalue weighted by molar-refractivity contribution is -0.138. The first kappa shape index (κ1) is 24.9. The number of nitrogens with two attached hydrogens (primary N) is 1. The van der Waals surface area contributed by atoms with E-state index < -0.39 is 9.84 Å². The number of carbonyl (C=O) groups is 1. The number of thiazole rings is 1. The van der Waals surface area contributed by atoms with Crippen LogP contribution in [0.1, 0.15) is 56.3 Å². The van der Waals surface area contributed by atoms with Gasteiger partial charge in [-0.1, -0.05) is 6.07 Å². The quantitative estimate of drug-likeness (QED) is 0.404. The van der Waals surface area contributed by atoms with Crippen molar-refractivity contribution >= 4 is 38.5 Å². The van der Waals surface area contributed by atoms with Crippen LogP contribution in [0.25, 0.3) is 27.5 Å². The predicted octanol–water partition coefficient (Wildman–Crippen LogP) is 3.86. The third-order valence-corrected chi connectivity index (χ3v) is 9.81. The molecule has 2 N–H and O–H groups in total. The Morgan fingerprint density at radius 1 is 1.13 bits per heavy atom. The first-order valence-electron chi connectivity index (χ1n) is 12.7. The number of nitrogen functional groups attached to an aromatic ring is 1. The number of nitrogens with zero attached hydrogens (tertiary/aromatic N) is 6. The van der Waals surface area contributed by atoms with Crippen LogP contribution in [0.2, 0.25) is 0 Å². The van der Waals surface area contributed by atoms with Crippen LogP contribution in [0.15, 0.2) is 34.8 Å². The van der Waals surface area contributed by atoms with Gasteiger partial charge in [0.15, 0.2) is 15.5 Å². The van der Waals surface area contributed by atoms with Crippen LogP contribution in [0.5, 0.6) is 0 Å². The molecule has 1 amide bonds. The molecular weight excluding hydrogens is 522 g/mol. The Kier molecular flexibility index (Phi) is 5.98. The van der Waals surface area contributed by atoms with Gasteiger partial charge >= 0.3 is 0 Å². The van der Waals surface area contributed by atoms with E-state index in [0.717, 1.165) is 47.5 Å². The number of piperidine rings is 2. The van der Waals surface area contributed by atoms with Crippen molar-refractivity contribution in [3.63, 3.8) is 0 Å². The van der Waals surface area contributed by atoms with Crippen molar-refractivity contribution in [2.75, 3.05) is 12.0 Å². The Bertz CT molecular complexity index is 1650. The fourth-order valence-electron chi connectivity index (χ4n) is 6.15. The van der Waals surface area contributed by atoms with Gasteiger partial charge in [0.25, 0.3) is 0 Å². The number of anilines is 1. The molecular formula is C26H29N7O3S2. The molecule has 6 heterocycles. The summed E-state index contributed by atoms with van der Waals surface area (Å²) in [5, 5.41) is 7.24. The van der Waals surface area contributed by atoms with Crippen molar-refractivity contribution in [1.29, 1.82) is 0 Å². The van der Waals surface area contributed by atoms with Crippen LogP contribution in [-0.4, -0.2) is 62.1 Å². The van der Waals surface area contributed by atoms with Crippen LogP contribution in [-0.2, 0) is 14.6 Å². The summed E-state index contributed by atoms with van der Waals surface area (Å²) in [5.74, 6) is 0.00131. The van der Waals surface area contributed by atoms with Crippen molar-refractivity contribution in [2.24, 2.45) is 0 Å². The number of hydrogen-bond acceptors (Lipinski definition) is 9. The molecule has 198 valence electrons. The molecule has 10 nitrogen and oxygen atoms in total. The highest BCUT2D eigenvalue weighted by Gasteiger charge is 2.42. The zero-order chi connectivity index (χ0) is 26.8. The highest BCUT2D eigenvalue weighted by Crippen LogP contribution is 2.44. The molecule has 0 aliphatic carbocycles. The average molecular weight is 552 g/mol. The highest BCUT2D eigenvalue weighted by molar-refractivity contribution is 7.91. The second-order valence-corrected chi connectivity index (χ2v) is 13.1. The molecule has 2 bridgehead atoms. The van der Waals surface area contributed by atoms with Crippen molar-refractivity contribution in [1.82, 2.24) is 29.5 Å². The molecule has 2 fully saturated rings. The molecule has 3 atom stereocenters. The van der Waals surface area contributed by atoms with Gasteiger partial charge < -0.3 is 10.6 Å². The second kappa shape index (κ2) is 9.12. The SMILES string of the molecule is CC(=O)N1[C@@H]2CCC[C@H]1CC(c1nc3c(-c4ccc(-c5nc(C)cs5)nc4)cnn3c(N)c1S(C)(=O)=O)C2. The van der Waals surface area contributed by atoms with E-state index in [9.17, 15) is 13.2 Å². The summed E-state index contributed by atoms with van der Waals surface area (Å²) in [6.07, 6.45) is 8.76. The van der Waals surface area contributed by atoms with Crippen LogP contribution in [0, 0.1) is 6.92 Å². The lowest BCUT2D eigenvalue weighted by Gasteiger charge is -2.48. The number of carbonyl (C=O) groups excluding carboxylic acids is 1. The number of amides is 1. The summed E-state index contributed by atoms with van der Waals surface area (Å²) in [6, 6.07) is 4.00. The van der Waals surface area contributed by atoms with Crippen LogP contribution < -0.4 is 5.73 Å². The maximum absolute atomic E-state index is 13.0. The standard InChI is InChI=1S/C26H29N7O3S2/c1-14-13-37-26(30-14)21-8-7-16(11-28-21)20-12-29-33-24(27)23(38(3,35)36)22(31-25(20)33)17-9-18-5-4-6-19(10-17)32(18)15(2)34/h7-8,11-13,17-19H,4-6,9-10,27H2,1-3H3/t17?,18-,19+. The number of sulfone groups is 1. The zero-order valence-electron chi connectivity index (χ0n) is 21.5. The van der Waals surface area contributed by atoms with Gasteiger partial charge in [-0.3, -0.25) is 9.78 Å². The van der Waals surface area contributed by atoms with Gasteiger partial charge in [-0.05, 0) is 45.1 Å². The van der Waals surface area contributed by atoms with Gasteiger partial charge in [-0.25, -0.2) is 18.4 Å². The van der Waals surface area contributed by atoms with E-state index in [1.165, 1.54) is 4.52 Å². The average Bonchev–Trinajstić information content (AvgIpc) is 3.49. The van der Waals surface area contributed by atoms with E-state index in [4.69, 9.17) is 10.7 Å². The Hall–Kier alpha value is -3.38. The lowest BCUT2D eigenvalue weighted by atomic mass is 9.77. The molecule has 4 aromatic rings. The van der Waals surface area contributed by atoms with E-state index in [-0.39, 0.29) is 34.6 Å². The van der Waals surface area contributed by atoms with Crippen molar-refractivity contribution in [2.45, 2.75) is 68.8 Å². The normalized spacial score (nSPS) is 21.7. The smallest absolute Gasteiger partial charge is 0.219 e. The number of rotatable bonds is 4. The fraction of sp³-hybridized carbons (Fsp3) is 0.423. The van der Waals surface area contributed by atoms with Crippen LogP contribution in [0.4, 0.5) is 5.82 Å². The van der Waals surface area contributed by atoms with E-state index in [1.54, 1.807) is 30.7 Å². The Morgan fingerprint density at radius 3 is 2.45 bits per heavy atom. The summed E-state index contributed by atoms with van der Waals surface area (Å²) in [7, 11) is -3.70. The second-order valence-electron chi connectivity index (χ2n) is 10.3. The highest BCUT2D eigenvalue weighted by atomic mass is 32.2. The van der Waals surface area contributed by atoms with Gasteiger partial charge in [-0.15, -0.1) is 11.3 Å². The monoisotopic (exact) mass is 551 g/mol. The maximum atomic E-state index is 13.0. The minimum absolute atomic E-state index is 0.0339. The topological polar surface area (TPSA) is 136 Å². The Morgan fingerprint density at radius 2 is 1.87 bits per heavy atom. The molecule has 6 rings (SSSR count). The first-order valence-corrected chi connectivity index (χ1v) is 15.4. The molecule has 0 aromatic carbocycles. The molecule has 0 radical (unpaired) electrons. The summed E-state index contributed by atoms with van der Waals surface area (Å²) in [6.45, 7) is 3.56. The molecule has 1 unspecified atom stereocenters. The van der Waals surface area contributed by atoms with Gasteiger partial charge in [0.1, 0.15) is 15.7 Å². The fourth-order valence-corrected chi connectivity index (χ4v) is 7.98. The number of aryl methyl sites for hydroxylation is 1. The zero-order valence-corrected chi connectivity index (χ0v) is 23.1. The summed E-state index contributed by atoms with van der Waals surface area (Å²) in [5.41, 5.74) is 10.7. The predicted molar refractivity (Wildman–Crippen MR) is 146 cm³/mol. The molecule has 4 aromatic heterocycles. The molecule has 2 saturated heterocycles. The summed E-state index contributed by atoms with van der Waals surface area (Å²) in [4.78, 5) is 28.4. The van der Waals surface area contributed by atoms with Crippen molar-refractivity contribution < 1.29 is 13.2 Å². The van der Waals surface area contributed by atoms with E-state index in [2.05, 4.69) is 15.1 Å². The first-order chi connectivity index (χ1) is 18.1. The van der Waals surface area contributed by atoms with E-state index in [0.29, 0.717) is 29.7 Å². The molecule has 2 aliphatic rings. The number of aromatic nitrogens is 5. The largest absolute Gasteiger partial charge is 0.382 e. The minimum atomic E-state index is -3.70. The minimum Gasteiger partial charge on any atom is -0.382 e. The van der Waals surface area contributed by atoms with E-state index in [1.807, 2.05) is 29.3 Å². The maximum Gasteiger partial charge on any atom is 0.219 e. The van der Waals surface area contributed by atoms with Gasteiger partial charge in [0.05, 0.1) is 17.6 Å². The number of fused-ring (bicyclic) bond motifs is 3. The van der Waals surface area contributed by atoms with Crippen LogP contribution >= 0.6 is 11.3 Å². The van der Waals surface area contributed by atoms with Gasteiger partial charge in [0, 0.05) is 59.6 Å². The van der Waals surface area contributed by atoms with Crippen molar-refractivity contribution in [3.8, 4) is 21.8 Å². The Balaban J connectivity index is 1.45. The molecule has 38 heavy (non-hydrogen) atoms. The molecule has 0 spiro atoms. The molecule has 0 saturated carbocycles. The van der Waals surface area contributed by atoms with Crippen LogP contribution in [0.3, 0.4) is 0 Å². The summed E-state index contributed by atoms with van der Waals surface area (Å²) >= 11 is 1.54. The van der Waals surface area contributed by atoms with Crippen molar-refractivity contribution in [3.05, 3.63) is 41.3 Å². The van der Waals surface area contributed by atoms with E-state index >= 15 is 0 Å². The lowest BCUT2D eigenvalue weighted by Crippen LogP contribution is -2.53. The summed E-state index contributed by atoms with van der Waals surface area (Å²) < 4.78 is 27.4. The van der Waals surface area contributed by atoms with Gasteiger partial charge in [-0.2, -0.15) is 9.61 Å². The third kappa shape index (κ3) is 4.15. The number of pyridine rings is 1. The van der Waals surface area contributed by atoms with Gasteiger partial charge in [0.2, 0.25) is 5.91 Å². The molecule has 12 heteroatoms. The number of hydrogen-bond donors (Lipinski definition) is 1.